The molecule has 0 aromatic carbocycles. The van der Waals surface area contributed by atoms with Gasteiger partial charge in [0.2, 0.25) is 0 Å². The van der Waals surface area contributed by atoms with Gasteiger partial charge < -0.3 is 0 Å². The molecule has 0 radical (unpaired) electrons. The van der Waals surface area contributed by atoms with Gasteiger partial charge in [0.1, 0.15) is 0 Å². The Kier molecular flexibility index (Phi) is 3.41. The van der Waals surface area contributed by atoms with Crippen LogP contribution in [0.15, 0.2) is 0 Å². The van der Waals surface area contributed by atoms with Gasteiger partial charge in [-0.2, -0.15) is 26.3 Å². The average Bonchev–Trinajstić information content (AvgIpc) is 2.25. The molecule has 0 fully saturated rings. The van der Waals surface area contributed by atoms with Crippen LogP contribution in [0, 0.1) is 73.4 Å². The van der Waals surface area contributed by atoms with E-state index in [4.69, 9.17) is 26.3 Å². The molecule has 0 aromatic rings. The largest absolute Gasteiger partial charge is 0.198 e. The molecule has 0 saturated carbocycles. The Morgan fingerprint density at radius 1 is 0.800 bits per heavy atom. The molecule has 0 amide bonds. The van der Waals surface area contributed by atoms with E-state index in [-0.39, 0.29) is 0 Å². The van der Waals surface area contributed by atoms with Gasteiger partial charge in [0.25, 0.3) is 0 Å². The predicted octanol–water partition coefficient (Wildman–Crippen LogP) is 1.23. The third kappa shape index (κ3) is 1.58. The van der Waals surface area contributed by atoms with E-state index < -0.39 is 16.7 Å². The summed E-state index contributed by atoms with van der Waals surface area (Å²) in [7, 11) is 0. The molecule has 0 bridgehead atoms. The van der Waals surface area contributed by atoms with Gasteiger partial charge in [0, 0.05) is 0 Å². The van der Waals surface area contributed by atoms with Crippen molar-refractivity contribution >= 4 is 0 Å². The van der Waals surface area contributed by atoms with Gasteiger partial charge >= 0.3 is 0 Å². The van der Waals surface area contributed by atoms with Crippen LogP contribution < -0.4 is 0 Å². The van der Waals surface area contributed by atoms with Crippen molar-refractivity contribution in [2.45, 2.75) is 13.8 Å². The maximum atomic E-state index is 8.95. The second-order valence-corrected chi connectivity index (χ2v) is 3.46. The summed E-state index contributed by atoms with van der Waals surface area (Å²) in [6.07, 6.45) is 0. The molecule has 0 aliphatic heterocycles. The van der Waals surface area contributed by atoms with Gasteiger partial charge in [-0.3, -0.25) is 0 Å². The Bertz CT molecular complexity index is 426. The minimum Gasteiger partial charge on any atom is -0.198 e. The van der Waals surface area contributed by atoms with Crippen LogP contribution in [-0.4, -0.2) is 0 Å². The summed E-state index contributed by atoms with van der Waals surface area (Å²) in [5.41, 5.74) is -3.31. The van der Waals surface area contributed by atoms with Gasteiger partial charge in [0.05, 0.1) is 35.8 Å². The highest BCUT2D eigenvalue weighted by Gasteiger charge is 2.53. The minimum absolute atomic E-state index is 1.36. The van der Waals surface area contributed by atoms with Crippen molar-refractivity contribution < 1.29 is 0 Å². The highest BCUT2D eigenvalue weighted by atomic mass is 14.6. The van der Waals surface area contributed by atoms with Gasteiger partial charge in [0.15, 0.2) is 11.3 Å². The summed E-state index contributed by atoms with van der Waals surface area (Å²) in [6, 6.07) is 8.20. The lowest BCUT2D eigenvalue weighted by molar-refractivity contribution is 0.243. The van der Waals surface area contributed by atoms with E-state index >= 15 is 0 Å². The zero-order chi connectivity index (χ0) is 12.1. The van der Waals surface area contributed by atoms with Gasteiger partial charge in [-0.1, -0.05) is 0 Å². The van der Waals surface area contributed by atoms with E-state index in [1.165, 1.54) is 13.8 Å². The smallest absolute Gasteiger partial charge is 0.190 e. The first-order chi connectivity index (χ1) is 6.95. The van der Waals surface area contributed by atoms with E-state index in [0.29, 0.717) is 0 Å². The summed E-state index contributed by atoms with van der Waals surface area (Å²) in [5.74, 6) is -1.44. The van der Waals surface area contributed by atoms with Crippen LogP contribution in [0.1, 0.15) is 13.8 Å². The van der Waals surface area contributed by atoms with Crippen LogP contribution in [0.2, 0.25) is 0 Å². The van der Waals surface area contributed by atoms with E-state index in [9.17, 15) is 0 Å². The van der Waals surface area contributed by atoms with E-state index in [2.05, 4.69) is 0 Å². The van der Waals surface area contributed by atoms with Crippen LogP contribution in [0.4, 0.5) is 0 Å². The first-order valence-corrected chi connectivity index (χ1v) is 3.98. The maximum Gasteiger partial charge on any atom is 0.190 e. The van der Waals surface area contributed by atoms with Crippen LogP contribution in [0.25, 0.3) is 0 Å². The molecule has 0 spiro atoms. The van der Waals surface area contributed by atoms with E-state index in [0.717, 1.165) is 0 Å². The fourth-order valence-corrected chi connectivity index (χ4v) is 1.11. The Morgan fingerprint density at radius 3 is 1.40 bits per heavy atom. The lowest BCUT2D eigenvalue weighted by Gasteiger charge is -2.30. The Balaban J connectivity index is 5.88. The number of hydrogen-bond donors (Lipinski definition) is 0. The standard InChI is InChI=1S/C10H7N5/c1-9(2,5-13)10(6-14,7-15)8(3-11)4-12/h8H,1-2H3. The SMILES string of the molecule is CC(C)(C#N)C(C#N)(C#N)C(C#N)C#N. The van der Waals surface area contributed by atoms with Crippen molar-refractivity contribution in [1.29, 1.82) is 26.3 Å². The third-order valence-corrected chi connectivity index (χ3v) is 2.31. The molecule has 0 aromatic heterocycles. The van der Waals surface area contributed by atoms with Crippen molar-refractivity contribution in [2.75, 3.05) is 0 Å². The highest BCUT2D eigenvalue weighted by Crippen LogP contribution is 2.43. The Hall–Kier alpha value is -2.55. The molecule has 0 saturated heterocycles. The molecular weight excluding hydrogens is 190 g/mol. The van der Waals surface area contributed by atoms with Crippen molar-refractivity contribution in [3.05, 3.63) is 0 Å². The Morgan fingerprint density at radius 2 is 1.20 bits per heavy atom. The first kappa shape index (κ1) is 12.4. The second kappa shape index (κ2) is 4.11. The molecule has 72 valence electrons. The fraction of sp³-hybridized carbons (Fsp3) is 0.500. The van der Waals surface area contributed by atoms with Crippen LogP contribution >= 0.6 is 0 Å². The van der Waals surface area contributed by atoms with Crippen molar-refractivity contribution in [3.8, 4) is 30.3 Å². The molecule has 0 atom stereocenters. The summed E-state index contributed by atoms with van der Waals surface area (Å²) >= 11 is 0. The van der Waals surface area contributed by atoms with Gasteiger partial charge in [-0.05, 0) is 13.8 Å². The third-order valence-electron chi connectivity index (χ3n) is 2.31. The predicted molar refractivity (Wildman–Crippen MR) is 47.8 cm³/mol. The second-order valence-electron chi connectivity index (χ2n) is 3.46. The van der Waals surface area contributed by atoms with Crippen molar-refractivity contribution in [3.63, 3.8) is 0 Å². The van der Waals surface area contributed by atoms with Crippen LogP contribution in [-0.2, 0) is 0 Å². The molecule has 5 nitrogen and oxygen atoms in total. The van der Waals surface area contributed by atoms with Gasteiger partial charge in [-0.15, -0.1) is 0 Å². The molecule has 0 aliphatic rings. The summed E-state index contributed by atoms with van der Waals surface area (Å²) < 4.78 is 0. The molecule has 5 heteroatoms. The summed E-state index contributed by atoms with van der Waals surface area (Å²) in [5, 5.41) is 44.2. The number of nitrogens with zero attached hydrogens (tertiary/aromatic N) is 5. The van der Waals surface area contributed by atoms with E-state index in [1.54, 1.807) is 30.3 Å². The highest BCUT2D eigenvalue weighted by molar-refractivity contribution is 5.33. The molecule has 15 heavy (non-hydrogen) atoms. The van der Waals surface area contributed by atoms with Gasteiger partial charge in [-0.25, -0.2) is 0 Å². The number of nitriles is 5. The van der Waals surface area contributed by atoms with Crippen LogP contribution in [0.5, 0.6) is 0 Å². The minimum atomic E-state index is -1.93. The van der Waals surface area contributed by atoms with E-state index in [1.807, 2.05) is 0 Å². The fourth-order valence-electron chi connectivity index (χ4n) is 1.11. The maximum absolute atomic E-state index is 8.95. The molecular formula is C10H7N5. The zero-order valence-electron chi connectivity index (χ0n) is 8.31. The van der Waals surface area contributed by atoms with Crippen molar-refractivity contribution in [2.24, 2.45) is 16.7 Å². The molecule has 0 unspecified atom stereocenters. The molecule has 0 heterocycles. The van der Waals surface area contributed by atoms with Crippen molar-refractivity contribution in [1.82, 2.24) is 0 Å². The molecule has 0 rings (SSSR count). The Labute approximate surface area is 88.0 Å². The number of rotatable bonds is 2. The number of hydrogen-bond acceptors (Lipinski definition) is 5. The zero-order valence-corrected chi connectivity index (χ0v) is 8.31. The lowest BCUT2D eigenvalue weighted by Crippen LogP contribution is -2.40. The lowest BCUT2D eigenvalue weighted by atomic mass is 9.62. The first-order valence-electron chi connectivity index (χ1n) is 3.98. The average molecular weight is 197 g/mol. The summed E-state index contributed by atoms with van der Waals surface area (Å²) in [6.45, 7) is 2.72. The van der Waals surface area contributed by atoms with Crippen LogP contribution in [0.3, 0.4) is 0 Å². The quantitative estimate of drug-likeness (QED) is 0.659. The molecule has 0 N–H and O–H groups in total. The topological polar surface area (TPSA) is 119 Å². The summed E-state index contributed by atoms with van der Waals surface area (Å²) in [4.78, 5) is 0. The normalized spacial score (nSPS) is 10.3. The monoisotopic (exact) mass is 197 g/mol. The molecule has 0 aliphatic carbocycles.